The van der Waals surface area contributed by atoms with Crippen LogP contribution in [0.4, 0.5) is 0 Å². The fourth-order valence-corrected chi connectivity index (χ4v) is 2.71. The second kappa shape index (κ2) is 5.22. The van der Waals surface area contributed by atoms with Crippen LogP contribution in [0.1, 0.15) is 0 Å². The third-order valence-electron chi connectivity index (χ3n) is 2.80. The molecule has 4 nitrogen and oxygen atoms in total. The molecule has 0 bridgehead atoms. The number of aromatic amines is 1. The molecule has 0 saturated carbocycles. The van der Waals surface area contributed by atoms with Gasteiger partial charge in [0.15, 0.2) is 0 Å². The monoisotopic (exact) mass is 334 g/mol. The zero-order chi connectivity index (χ0) is 13.2. The van der Waals surface area contributed by atoms with E-state index in [-0.39, 0.29) is 0 Å². The van der Waals surface area contributed by atoms with Gasteiger partial charge in [-0.25, -0.2) is 4.98 Å². The van der Waals surface area contributed by atoms with Crippen molar-refractivity contribution in [1.82, 2.24) is 19.7 Å². The number of benzene rings is 1. The molecule has 0 fully saturated rings. The molecule has 19 heavy (non-hydrogen) atoms. The van der Waals surface area contributed by atoms with E-state index in [0.717, 1.165) is 26.4 Å². The lowest BCUT2D eigenvalue weighted by atomic mass is 10.1. The van der Waals surface area contributed by atoms with Crippen molar-refractivity contribution in [3.05, 3.63) is 47.5 Å². The third-order valence-corrected chi connectivity index (χ3v) is 4.00. The highest BCUT2D eigenvalue weighted by Crippen LogP contribution is 2.32. The SMILES string of the molecule is CSc1n[nH]c(-c2ccc(Br)cc2)c1-n1ccnc1. The fourth-order valence-electron chi connectivity index (χ4n) is 1.91. The number of hydrogen-bond acceptors (Lipinski definition) is 3. The Hall–Kier alpha value is -1.53. The van der Waals surface area contributed by atoms with Crippen molar-refractivity contribution in [1.29, 1.82) is 0 Å². The normalized spacial score (nSPS) is 10.8. The minimum absolute atomic E-state index is 0.955. The van der Waals surface area contributed by atoms with E-state index in [2.05, 4.69) is 43.2 Å². The molecule has 6 heteroatoms. The van der Waals surface area contributed by atoms with Gasteiger partial charge in [-0.2, -0.15) is 5.10 Å². The van der Waals surface area contributed by atoms with Crippen molar-refractivity contribution in [3.8, 4) is 16.9 Å². The molecule has 0 aliphatic rings. The summed E-state index contributed by atoms with van der Waals surface area (Å²) >= 11 is 5.06. The molecule has 0 aliphatic carbocycles. The first kappa shape index (κ1) is 12.5. The van der Waals surface area contributed by atoms with Crippen molar-refractivity contribution >= 4 is 27.7 Å². The van der Waals surface area contributed by atoms with Crippen molar-refractivity contribution in [2.24, 2.45) is 0 Å². The summed E-state index contributed by atoms with van der Waals surface area (Å²) in [5, 5.41) is 8.44. The second-order valence-corrected chi connectivity index (χ2v) is 5.64. The zero-order valence-corrected chi connectivity index (χ0v) is 12.6. The van der Waals surface area contributed by atoms with Crippen molar-refractivity contribution in [3.63, 3.8) is 0 Å². The molecule has 0 radical (unpaired) electrons. The van der Waals surface area contributed by atoms with E-state index >= 15 is 0 Å². The second-order valence-electron chi connectivity index (χ2n) is 3.93. The molecule has 0 saturated heterocycles. The maximum absolute atomic E-state index is 4.37. The Bertz CT molecular complexity index is 673. The van der Waals surface area contributed by atoms with E-state index in [1.54, 1.807) is 24.3 Å². The predicted molar refractivity (Wildman–Crippen MR) is 80.6 cm³/mol. The van der Waals surface area contributed by atoms with E-state index in [1.807, 2.05) is 29.2 Å². The minimum Gasteiger partial charge on any atom is -0.302 e. The van der Waals surface area contributed by atoms with Crippen molar-refractivity contribution < 1.29 is 0 Å². The summed E-state index contributed by atoms with van der Waals surface area (Å²) in [6.07, 6.45) is 7.49. The topological polar surface area (TPSA) is 46.5 Å². The molecule has 3 rings (SSSR count). The summed E-state index contributed by atoms with van der Waals surface area (Å²) in [4.78, 5) is 4.11. The molecular weight excluding hydrogens is 324 g/mol. The number of H-pyrrole nitrogens is 1. The van der Waals surface area contributed by atoms with Crippen LogP contribution in [-0.2, 0) is 0 Å². The van der Waals surface area contributed by atoms with E-state index in [9.17, 15) is 0 Å². The summed E-state index contributed by atoms with van der Waals surface area (Å²) in [5.41, 5.74) is 3.13. The molecule has 3 aromatic rings. The van der Waals surface area contributed by atoms with Gasteiger partial charge in [-0.3, -0.25) is 5.10 Å². The van der Waals surface area contributed by atoms with Crippen LogP contribution in [0.5, 0.6) is 0 Å². The Morgan fingerprint density at radius 2 is 2.05 bits per heavy atom. The molecule has 0 aliphatic heterocycles. The Kier molecular flexibility index (Phi) is 3.44. The van der Waals surface area contributed by atoms with Crippen LogP contribution in [0, 0.1) is 0 Å². The Morgan fingerprint density at radius 3 is 2.68 bits per heavy atom. The number of nitrogens with one attached hydrogen (secondary N) is 1. The number of aromatic nitrogens is 4. The molecule has 2 heterocycles. The number of hydrogen-bond donors (Lipinski definition) is 1. The average molecular weight is 335 g/mol. The smallest absolute Gasteiger partial charge is 0.142 e. The van der Waals surface area contributed by atoms with Gasteiger partial charge in [-0.15, -0.1) is 11.8 Å². The lowest BCUT2D eigenvalue weighted by Gasteiger charge is -2.05. The predicted octanol–water partition coefficient (Wildman–Crippen LogP) is 3.75. The summed E-state index contributed by atoms with van der Waals surface area (Å²) in [6, 6.07) is 8.16. The average Bonchev–Trinajstić information content (AvgIpc) is 3.07. The number of imidazole rings is 1. The maximum atomic E-state index is 4.37. The van der Waals surface area contributed by atoms with Crippen LogP contribution >= 0.6 is 27.7 Å². The Balaban J connectivity index is 2.17. The van der Waals surface area contributed by atoms with Crippen LogP contribution in [0.2, 0.25) is 0 Å². The van der Waals surface area contributed by atoms with Crippen LogP contribution in [0.3, 0.4) is 0 Å². The van der Waals surface area contributed by atoms with E-state index < -0.39 is 0 Å². The quantitative estimate of drug-likeness (QED) is 0.742. The molecule has 0 spiro atoms. The molecule has 1 aromatic carbocycles. The number of nitrogens with zero attached hydrogens (tertiary/aromatic N) is 3. The Morgan fingerprint density at radius 1 is 1.26 bits per heavy atom. The number of rotatable bonds is 3. The van der Waals surface area contributed by atoms with Crippen molar-refractivity contribution in [2.45, 2.75) is 5.03 Å². The van der Waals surface area contributed by atoms with Gasteiger partial charge >= 0.3 is 0 Å². The summed E-state index contributed by atoms with van der Waals surface area (Å²) in [5.74, 6) is 0. The number of thioether (sulfide) groups is 1. The molecule has 0 unspecified atom stereocenters. The Labute approximate surface area is 123 Å². The highest BCUT2D eigenvalue weighted by molar-refractivity contribution is 9.10. The van der Waals surface area contributed by atoms with Gasteiger partial charge in [-0.1, -0.05) is 28.1 Å². The summed E-state index contributed by atoms with van der Waals surface area (Å²) in [7, 11) is 0. The van der Waals surface area contributed by atoms with Gasteiger partial charge in [0.25, 0.3) is 0 Å². The lowest BCUT2D eigenvalue weighted by molar-refractivity contribution is 0.975. The first-order chi connectivity index (χ1) is 9.29. The van der Waals surface area contributed by atoms with Gasteiger partial charge in [0, 0.05) is 22.4 Å². The highest BCUT2D eigenvalue weighted by atomic mass is 79.9. The molecule has 0 atom stereocenters. The minimum atomic E-state index is 0.955. The van der Waals surface area contributed by atoms with Gasteiger partial charge in [0.1, 0.15) is 10.7 Å². The van der Waals surface area contributed by atoms with Gasteiger partial charge in [0.05, 0.1) is 12.0 Å². The summed E-state index contributed by atoms with van der Waals surface area (Å²) < 4.78 is 3.04. The molecule has 1 N–H and O–H groups in total. The molecule has 0 amide bonds. The van der Waals surface area contributed by atoms with E-state index in [4.69, 9.17) is 0 Å². The molecule has 2 aromatic heterocycles. The van der Waals surface area contributed by atoms with Gasteiger partial charge in [-0.05, 0) is 18.4 Å². The van der Waals surface area contributed by atoms with Crippen LogP contribution < -0.4 is 0 Å². The third kappa shape index (κ3) is 2.33. The summed E-state index contributed by atoms with van der Waals surface area (Å²) in [6.45, 7) is 0. The molecule has 96 valence electrons. The highest BCUT2D eigenvalue weighted by Gasteiger charge is 2.15. The lowest BCUT2D eigenvalue weighted by Crippen LogP contribution is -1.93. The first-order valence-electron chi connectivity index (χ1n) is 5.66. The standard InChI is InChI=1S/C13H11BrN4S/c1-19-13-12(18-7-6-15-8-18)11(16-17-13)9-2-4-10(14)5-3-9/h2-8H,1H3,(H,16,17). The van der Waals surface area contributed by atoms with E-state index in [0.29, 0.717) is 0 Å². The maximum Gasteiger partial charge on any atom is 0.142 e. The van der Waals surface area contributed by atoms with Gasteiger partial charge < -0.3 is 4.57 Å². The zero-order valence-electron chi connectivity index (χ0n) is 10.2. The van der Waals surface area contributed by atoms with E-state index in [1.165, 1.54) is 0 Å². The largest absolute Gasteiger partial charge is 0.302 e. The fraction of sp³-hybridized carbons (Fsp3) is 0.0769. The number of halogens is 1. The van der Waals surface area contributed by atoms with Gasteiger partial charge in [0.2, 0.25) is 0 Å². The van der Waals surface area contributed by atoms with Crippen LogP contribution in [0.25, 0.3) is 16.9 Å². The van der Waals surface area contributed by atoms with Crippen LogP contribution in [0.15, 0.2) is 52.5 Å². The first-order valence-corrected chi connectivity index (χ1v) is 7.68. The molecular formula is C13H11BrN4S. The van der Waals surface area contributed by atoms with Crippen molar-refractivity contribution in [2.75, 3.05) is 6.26 Å². The van der Waals surface area contributed by atoms with Crippen LogP contribution in [-0.4, -0.2) is 26.0 Å².